The molecule has 0 aliphatic rings. The minimum absolute atomic E-state index is 0.177. The van der Waals surface area contributed by atoms with Gasteiger partial charge in [-0.15, -0.1) is 0 Å². The number of nitrogens with one attached hydrogen (secondary N) is 1. The average Bonchev–Trinajstić information content (AvgIpc) is 3.10. The Hall–Kier alpha value is -2.21. The Kier molecular flexibility index (Phi) is 3.47. The van der Waals surface area contributed by atoms with Gasteiger partial charge in [-0.3, -0.25) is 5.10 Å². The summed E-state index contributed by atoms with van der Waals surface area (Å²) < 4.78 is 5.26. The zero-order valence-electron chi connectivity index (χ0n) is 11.3. The molecule has 2 heterocycles. The molecule has 0 aliphatic heterocycles. The first-order valence-electron chi connectivity index (χ1n) is 6.79. The summed E-state index contributed by atoms with van der Waals surface area (Å²) in [5.41, 5.74) is 7.57. The maximum Gasteiger partial charge on any atom is 0.227 e. The van der Waals surface area contributed by atoms with Gasteiger partial charge in [-0.05, 0) is 18.9 Å². The van der Waals surface area contributed by atoms with Gasteiger partial charge < -0.3 is 10.3 Å². The van der Waals surface area contributed by atoms with Gasteiger partial charge in [0.25, 0.3) is 0 Å². The summed E-state index contributed by atoms with van der Waals surface area (Å²) in [4.78, 5) is 4.39. The zero-order chi connectivity index (χ0) is 13.9. The molecule has 0 amide bonds. The van der Waals surface area contributed by atoms with Crippen LogP contribution in [-0.2, 0) is 6.42 Å². The summed E-state index contributed by atoms with van der Waals surface area (Å²) in [5.74, 6) is 1.12. The first-order valence-corrected chi connectivity index (χ1v) is 6.79. The van der Waals surface area contributed by atoms with Gasteiger partial charge in [-0.2, -0.15) is 10.1 Å². The van der Waals surface area contributed by atoms with E-state index in [4.69, 9.17) is 10.3 Å². The van der Waals surface area contributed by atoms with Crippen LogP contribution in [0.4, 0.5) is 0 Å². The first-order chi connectivity index (χ1) is 9.78. The second kappa shape index (κ2) is 5.42. The Morgan fingerprint density at radius 1 is 1.35 bits per heavy atom. The van der Waals surface area contributed by atoms with Crippen molar-refractivity contribution in [1.29, 1.82) is 0 Å². The monoisotopic (exact) mass is 271 g/mol. The molecule has 104 valence electrons. The molecule has 6 nitrogen and oxygen atoms in total. The number of hydrogen-bond acceptors (Lipinski definition) is 5. The van der Waals surface area contributed by atoms with Crippen LogP contribution in [0.15, 0.2) is 28.8 Å². The third-order valence-electron chi connectivity index (χ3n) is 3.40. The van der Waals surface area contributed by atoms with E-state index in [9.17, 15) is 0 Å². The van der Waals surface area contributed by atoms with Crippen molar-refractivity contribution in [1.82, 2.24) is 20.3 Å². The van der Waals surface area contributed by atoms with Crippen LogP contribution in [-0.4, -0.2) is 26.4 Å². The lowest BCUT2D eigenvalue weighted by molar-refractivity contribution is 0.370. The van der Waals surface area contributed by atoms with Crippen molar-refractivity contribution in [3.05, 3.63) is 30.2 Å². The number of rotatable bonds is 5. The lowest BCUT2D eigenvalue weighted by Gasteiger charge is -2.04. The quantitative estimate of drug-likeness (QED) is 0.742. The third kappa shape index (κ3) is 2.42. The van der Waals surface area contributed by atoms with Crippen LogP contribution in [0.25, 0.3) is 22.4 Å². The molecular formula is C14H17N5O. The number of hydrogen-bond donors (Lipinski definition) is 2. The number of H-pyrrole nitrogens is 1. The van der Waals surface area contributed by atoms with Gasteiger partial charge >= 0.3 is 0 Å². The summed E-state index contributed by atoms with van der Waals surface area (Å²) in [5, 5.41) is 12.2. The van der Waals surface area contributed by atoms with E-state index in [1.54, 1.807) is 0 Å². The number of fused-ring (bicyclic) bond motifs is 1. The number of aromatic nitrogens is 4. The van der Waals surface area contributed by atoms with E-state index in [-0.39, 0.29) is 6.04 Å². The van der Waals surface area contributed by atoms with Crippen molar-refractivity contribution in [3.8, 4) is 11.5 Å². The van der Waals surface area contributed by atoms with Crippen LogP contribution < -0.4 is 5.73 Å². The number of aromatic amines is 1. The third-order valence-corrected chi connectivity index (χ3v) is 3.40. The molecule has 0 radical (unpaired) electrons. The smallest absolute Gasteiger partial charge is 0.227 e. The number of benzene rings is 1. The summed E-state index contributed by atoms with van der Waals surface area (Å²) >= 11 is 0. The van der Waals surface area contributed by atoms with Crippen molar-refractivity contribution in [2.75, 3.05) is 0 Å². The van der Waals surface area contributed by atoms with Gasteiger partial charge in [0.2, 0.25) is 11.7 Å². The van der Waals surface area contributed by atoms with E-state index in [1.807, 2.05) is 24.3 Å². The van der Waals surface area contributed by atoms with E-state index < -0.39 is 0 Å². The van der Waals surface area contributed by atoms with E-state index in [0.29, 0.717) is 18.1 Å². The largest absolute Gasteiger partial charge is 0.339 e. The fraction of sp³-hybridized carbons (Fsp3) is 0.357. The highest BCUT2D eigenvalue weighted by atomic mass is 16.5. The molecule has 3 aromatic rings. The van der Waals surface area contributed by atoms with Gasteiger partial charge in [-0.1, -0.05) is 30.3 Å². The van der Waals surface area contributed by atoms with Crippen LogP contribution in [0.3, 0.4) is 0 Å². The Morgan fingerprint density at radius 2 is 2.20 bits per heavy atom. The Bertz CT molecular complexity index is 702. The number of nitrogens with zero attached hydrogens (tertiary/aromatic N) is 3. The highest BCUT2D eigenvalue weighted by Crippen LogP contribution is 2.23. The zero-order valence-corrected chi connectivity index (χ0v) is 11.3. The fourth-order valence-corrected chi connectivity index (χ4v) is 2.10. The molecule has 6 heteroatoms. The second-order valence-electron chi connectivity index (χ2n) is 4.84. The summed E-state index contributed by atoms with van der Waals surface area (Å²) in [6.07, 6.45) is 2.49. The normalized spacial score (nSPS) is 12.9. The Morgan fingerprint density at radius 3 is 3.05 bits per heavy atom. The van der Waals surface area contributed by atoms with Crippen molar-refractivity contribution in [3.63, 3.8) is 0 Å². The van der Waals surface area contributed by atoms with Crippen molar-refractivity contribution in [2.24, 2.45) is 5.73 Å². The minimum atomic E-state index is 0.177. The summed E-state index contributed by atoms with van der Waals surface area (Å²) in [6, 6.07) is 8.04. The van der Waals surface area contributed by atoms with E-state index in [1.165, 1.54) is 0 Å². The molecule has 1 atom stereocenters. The topological polar surface area (TPSA) is 93.6 Å². The van der Waals surface area contributed by atoms with Gasteiger partial charge in [0, 0.05) is 17.8 Å². The maximum absolute atomic E-state index is 5.89. The minimum Gasteiger partial charge on any atom is -0.339 e. The predicted molar refractivity (Wildman–Crippen MR) is 76.0 cm³/mol. The summed E-state index contributed by atoms with van der Waals surface area (Å²) in [6.45, 7) is 2.07. The Labute approximate surface area is 116 Å². The van der Waals surface area contributed by atoms with Crippen molar-refractivity contribution >= 4 is 10.9 Å². The lowest BCUT2D eigenvalue weighted by Crippen LogP contribution is -2.19. The molecule has 1 aromatic carbocycles. The Balaban J connectivity index is 1.83. The predicted octanol–water partition coefficient (Wildman–Crippen LogP) is 2.28. The van der Waals surface area contributed by atoms with Crippen LogP contribution in [0.2, 0.25) is 0 Å². The average molecular weight is 271 g/mol. The van der Waals surface area contributed by atoms with Crippen molar-refractivity contribution < 1.29 is 4.52 Å². The molecule has 3 N–H and O–H groups in total. The molecule has 3 rings (SSSR count). The number of aryl methyl sites for hydroxylation is 1. The van der Waals surface area contributed by atoms with Crippen LogP contribution in [0, 0.1) is 0 Å². The maximum atomic E-state index is 5.89. The first kappa shape index (κ1) is 12.8. The highest BCUT2D eigenvalue weighted by molar-refractivity contribution is 5.90. The van der Waals surface area contributed by atoms with Gasteiger partial charge in [0.15, 0.2) is 0 Å². The van der Waals surface area contributed by atoms with Crippen LogP contribution >= 0.6 is 0 Å². The molecular weight excluding hydrogens is 254 g/mol. The molecule has 0 saturated carbocycles. The second-order valence-corrected chi connectivity index (χ2v) is 4.84. The molecule has 1 unspecified atom stereocenters. The standard InChI is InChI=1S/C14H17N5O/c1-2-9(15)7-8-12-16-14(19-20-12)13-10-5-3-4-6-11(10)17-18-13/h3-6,9H,2,7-8,15H2,1H3,(H,17,18). The van der Waals surface area contributed by atoms with E-state index in [2.05, 4.69) is 27.3 Å². The molecule has 0 spiro atoms. The molecule has 2 aromatic heterocycles. The van der Waals surface area contributed by atoms with Gasteiger partial charge in [0.05, 0.1) is 5.52 Å². The van der Waals surface area contributed by atoms with Crippen LogP contribution in [0.5, 0.6) is 0 Å². The lowest BCUT2D eigenvalue weighted by atomic mass is 10.1. The van der Waals surface area contributed by atoms with Crippen molar-refractivity contribution in [2.45, 2.75) is 32.2 Å². The summed E-state index contributed by atoms with van der Waals surface area (Å²) in [7, 11) is 0. The van der Waals surface area contributed by atoms with Gasteiger partial charge in [0.1, 0.15) is 5.69 Å². The molecule has 0 aliphatic carbocycles. The molecule has 0 fully saturated rings. The molecule has 20 heavy (non-hydrogen) atoms. The number of nitrogens with two attached hydrogens (primary N) is 1. The molecule has 0 bridgehead atoms. The highest BCUT2D eigenvalue weighted by Gasteiger charge is 2.14. The number of para-hydroxylation sites is 1. The SMILES string of the molecule is CCC(N)CCc1nc(-c2n[nH]c3ccccc23)no1. The van der Waals surface area contributed by atoms with E-state index >= 15 is 0 Å². The van der Waals surface area contributed by atoms with E-state index in [0.717, 1.165) is 29.4 Å². The fourth-order valence-electron chi connectivity index (χ4n) is 2.10. The molecule has 0 saturated heterocycles. The van der Waals surface area contributed by atoms with Gasteiger partial charge in [-0.25, -0.2) is 0 Å². The van der Waals surface area contributed by atoms with Crippen LogP contribution in [0.1, 0.15) is 25.7 Å².